The van der Waals surface area contributed by atoms with Gasteiger partial charge in [-0.2, -0.15) is 0 Å². The summed E-state index contributed by atoms with van der Waals surface area (Å²) in [5.74, 6) is 0.585. The molecule has 0 unspecified atom stereocenters. The summed E-state index contributed by atoms with van der Waals surface area (Å²) in [5, 5.41) is 5.28. The molecule has 0 heterocycles. The van der Waals surface area contributed by atoms with Gasteiger partial charge in [-0.15, -0.1) is 0 Å². The van der Waals surface area contributed by atoms with Crippen molar-refractivity contribution in [1.82, 2.24) is 0 Å². The molecule has 0 spiro atoms. The van der Waals surface area contributed by atoms with Gasteiger partial charge in [-0.25, -0.2) is 0 Å². The first kappa shape index (κ1) is 22.2. The maximum Gasteiger partial charge on any atom is 0.144 e. The second kappa shape index (κ2) is 9.41. The van der Waals surface area contributed by atoms with E-state index in [1.54, 1.807) is 6.07 Å². The van der Waals surface area contributed by atoms with E-state index in [9.17, 15) is 0 Å². The number of benzene rings is 6. The predicted molar refractivity (Wildman–Crippen MR) is 153 cm³/mol. The first-order chi connectivity index (χ1) is 17.7. The number of nitrogen functional groups attached to an aromatic ring is 1. The van der Waals surface area contributed by atoms with Gasteiger partial charge in [0.15, 0.2) is 0 Å². The predicted octanol–water partition coefficient (Wildman–Crippen LogP) is 9.14. The number of rotatable bonds is 5. The molecular formula is C33H24ClNO. The zero-order valence-electron chi connectivity index (χ0n) is 19.6. The third kappa shape index (κ3) is 4.17. The molecule has 0 bridgehead atoms. The van der Waals surface area contributed by atoms with Crippen LogP contribution in [0.1, 0.15) is 5.56 Å². The molecule has 0 atom stereocenters. The molecule has 6 rings (SSSR count). The molecule has 0 aromatic heterocycles. The fourth-order valence-corrected chi connectivity index (χ4v) is 5.01. The first-order valence-corrected chi connectivity index (χ1v) is 12.3. The van der Waals surface area contributed by atoms with Crippen LogP contribution < -0.4 is 10.5 Å². The molecule has 6 aromatic rings. The molecule has 0 amide bonds. The lowest BCUT2D eigenvalue weighted by atomic mass is 9.92. The fourth-order valence-electron chi connectivity index (χ4n) is 4.80. The van der Waals surface area contributed by atoms with E-state index in [4.69, 9.17) is 22.1 Å². The van der Waals surface area contributed by atoms with Crippen molar-refractivity contribution in [3.63, 3.8) is 0 Å². The molecule has 3 heteroatoms. The maximum absolute atomic E-state index is 6.70. The molecule has 2 N–H and O–H groups in total. The SMILES string of the molecule is Nc1c(OCc2ccc(-c3ccccc3)cc2)cc(Cl)cc1-c1cc2ccccc2c2ccccc12. The third-order valence-corrected chi connectivity index (χ3v) is 6.84. The van der Waals surface area contributed by atoms with Crippen molar-refractivity contribution in [1.29, 1.82) is 0 Å². The Morgan fingerprint density at radius 3 is 2.00 bits per heavy atom. The lowest BCUT2D eigenvalue weighted by molar-refractivity contribution is 0.308. The molecular weight excluding hydrogens is 462 g/mol. The molecule has 0 aliphatic heterocycles. The molecule has 0 saturated carbocycles. The molecule has 0 fully saturated rings. The molecule has 6 aromatic carbocycles. The van der Waals surface area contributed by atoms with Crippen molar-refractivity contribution in [2.75, 3.05) is 5.73 Å². The van der Waals surface area contributed by atoms with Crippen molar-refractivity contribution < 1.29 is 4.74 Å². The molecule has 174 valence electrons. The van der Waals surface area contributed by atoms with E-state index in [1.165, 1.54) is 21.9 Å². The Balaban J connectivity index is 1.35. The molecule has 0 aliphatic rings. The van der Waals surface area contributed by atoms with Gasteiger partial charge in [0, 0.05) is 16.7 Å². The Morgan fingerprint density at radius 1 is 0.583 bits per heavy atom. The first-order valence-electron chi connectivity index (χ1n) is 11.9. The van der Waals surface area contributed by atoms with Crippen LogP contribution in [-0.4, -0.2) is 0 Å². The van der Waals surface area contributed by atoms with E-state index in [0.29, 0.717) is 23.1 Å². The number of nitrogens with two attached hydrogens (primary N) is 1. The minimum absolute atomic E-state index is 0.400. The Morgan fingerprint density at radius 2 is 1.22 bits per heavy atom. The normalized spacial score (nSPS) is 11.1. The topological polar surface area (TPSA) is 35.2 Å². The largest absolute Gasteiger partial charge is 0.487 e. The van der Waals surface area contributed by atoms with E-state index in [0.717, 1.165) is 27.5 Å². The van der Waals surface area contributed by atoms with Crippen molar-refractivity contribution in [3.8, 4) is 28.0 Å². The summed E-state index contributed by atoms with van der Waals surface area (Å²) in [7, 11) is 0. The Kier molecular flexibility index (Phi) is 5.80. The van der Waals surface area contributed by atoms with Gasteiger partial charge < -0.3 is 10.5 Å². The number of anilines is 1. The van der Waals surface area contributed by atoms with Crippen LogP contribution >= 0.6 is 11.6 Å². The minimum atomic E-state index is 0.400. The summed E-state index contributed by atoms with van der Waals surface area (Å²) in [6.07, 6.45) is 0. The molecule has 0 radical (unpaired) electrons. The summed E-state index contributed by atoms with van der Waals surface area (Å²) in [6, 6.07) is 41.4. The van der Waals surface area contributed by atoms with Gasteiger partial charge in [-0.05, 0) is 55.9 Å². The highest BCUT2D eigenvalue weighted by Gasteiger charge is 2.15. The van der Waals surface area contributed by atoms with E-state index in [-0.39, 0.29) is 0 Å². The van der Waals surface area contributed by atoms with Gasteiger partial charge in [0.2, 0.25) is 0 Å². The molecule has 0 saturated heterocycles. The van der Waals surface area contributed by atoms with Crippen molar-refractivity contribution in [3.05, 3.63) is 132 Å². The monoisotopic (exact) mass is 485 g/mol. The highest BCUT2D eigenvalue weighted by molar-refractivity contribution is 6.31. The second-order valence-corrected chi connectivity index (χ2v) is 9.34. The van der Waals surface area contributed by atoms with Crippen LogP contribution in [0.15, 0.2) is 121 Å². The van der Waals surface area contributed by atoms with Crippen LogP contribution in [0.4, 0.5) is 5.69 Å². The second-order valence-electron chi connectivity index (χ2n) is 8.91. The number of halogens is 1. The molecule has 0 aliphatic carbocycles. The lowest BCUT2D eigenvalue weighted by Crippen LogP contribution is -2.01. The Bertz CT molecular complexity index is 1690. The van der Waals surface area contributed by atoms with Gasteiger partial charge in [0.25, 0.3) is 0 Å². The van der Waals surface area contributed by atoms with Crippen molar-refractivity contribution in [2.24, 2.45) is 0 Å². The van der Waals surface area contributed by atoms with Crippen LogP contribution in [0.25, 0.3) is 43.8 Å². The number of hydrogen-bond donors (Lipinski definition) is 1. The maximum atomic E-state index is 6.70. The summed E-state index contributed by atoms with van der Waals surface area (Å²) in [5.41, 5.74) is 12.6. The minimum Gasteiger partial charge on any atom is -0.487 e. The van der Waals surface area contributed by atoms with Gasteiger partial charge in [0.1, 0.15) is 12.4 Å². The van der Waals surface area contributed by atoms with E-state index in [2.05, 4.69) is 91.0 Å². The standard InChI is InChI=1S/C33H24ClNO/c34-26-19-31(30-18-25-10-4-5-11-27(25)28-12-6-7-13-29(28)30)33(35)32(20-26)36-21-22-14-16-24(17-15-22)23-8-2-1-3-9-23/h1-20H,21,35H2. The summed E-state index contributed by atoms with van der Waals surface area (Å²) >= 11 is 6.58. The van der Waals surface area contributed by atoms with Gasteiger partial charge in [-0.3, -0.25) is 0 Å². The van der Waals surface area contributed by atoms with E-state index < -0.39 is 0 Å². The van der Waals surface area contributed by atoms with E-state index in [1.807, 2.05) is 24.3 Å². The van der Waals surface area contributed by atoms with Crippen LogP contribution in [0.3, 0.4) is 0 Å². The van der Waals surface area contributed by atoms with Crippen LogP contribution in [0, 0.1) is 0 Å². The van der Waals surface area contributed by atoms with Crippen LogP contribution in [0.2, 0.25) is 5.02 Å². The van der Waals surface area contributed by atoms with Crippen molar-refractivity contribution in [2.45, 2.75) is 6.61 Å². The summed E-state index contributed by atoms with van der Waals surface area (Å²) in [6.45, 7) is 0.400. The number of ether oxygens (including phenoxy) is 1. The van der Waals surface area contributed by atoms with Gasteiger partial charge in [0.05, 0.1) is 5.69 Å². The smallest absolute Gasteiger partial charge is 0.144 e. The molecule has 2 nitrogen and oxygen atoms in total. The molecule has 36 heavy (non-hydrogen) atoms. The van der Waals surface area contributed by atoms with Crippen LogP contribution in [0.5, 0.6) is 5.75 Å². The quantitative estimate of drug-likeness (QED) is 0.195. The highest BCUT2D eigenvalue weighted by Crippen LogP contribution is 2.42. The number of fused-ring (bicyclic) bond motifs is 3. The zero-order valence-corrected chi connectivity index (χ0v) is 20.4. The average molecular weight is 486 g/mol. The third-order valence-electron chi connectivity index (χ3n) is 6.62. The summed E-state index contributed by atoms with van der Waals surface area (Å²) < 4.78 is 6.20. The van der Waals surface area contributed by atoms with Crippen molar-refractivity contribution >= 4 is 38.8 Å². The van der Waals surface area contributed by atoms with Crippen LogP contribution in [-0.2, 0) is 6.61 Å². The Hall–Kier alpha value is -4.27. The summed E-state index contributed by atoms with van der Waals surface area (Å²) in [4.78, 5) is 0. The number of hydrogen-bond acceptors (Lipinski definition) is 2. The highest BCUT2D eigenvalue weighted by atomic mass is 35.5. The zero-order chi connectivity index (χ0) is 24.5. The van der Waals surface area contributed by atoms with Gasteiger partial charge in [-0.1, -0.05) is 115 Å². The van der Waals surface area contributed by atoms with E-state index >= 15 is 0 Å². The Labute approximate surface area is 215 Å². The van der Waals surface area contributed by atoms with Gasteiger partial charge >= 0.3 is 0 Å². The average Bonchev–Trinajstić information content (AvgIpc) is 2.94. The fraction of sp³-hybridized carbons (Fsp3) is 0.0303. The lowest BCUT2D eigenvalue weighted by Gasteiger charge is -2.16.